The van der Waals surface area contributed by atoms with E-state index in [0.717, 1.165) is 31.7 Å². The molecule has 1 aromatic carbocycles. The van der Waals surface area contributed by atoms with Crippen molar-refractivity contribution in [1.29, 1.82) is 0 Å². The van der Waals surface area contributed by atoms with Gasteiger partial charge in [-0.15, -0.1) is 0 Å². The Bertz CT molecular complexity index is 500. The van der Waals surface area contributed by atoms with Crippen molar-refractivity contribution in [2.45, 2.75) is 52.0 Å². The van der Waals surface area contributed by atoms with E-state index in [-0.39, 0.29) is 5.91 Å². The van der Waals surface area contributed by atoms with Crippen LogP contribution in [0.4, 0.5) is 5.69 Å². The van der Waals surface area contributed by atoms with Gasteiger partial charge in [0.2, 0.25) is 0 Å². The first-order chi connectivity index (χ1) is 11.7. The Labute approximate surface area is 147 Å². The average Bonchev–Trinajstić information content (AvgIpc) is 2.64. The Morgan fingerprint density at radius 2 is 2.00 bits per heavy atom. The molecule has 1 atom stereocenters. The molecule has 0 radical (unpaired) electrons. The molecule has 1 fully saturated rings. The molecule has 1 aromatic rings. The van der Waals surface area contributed by atoms with Crippen molar-refractivity contribution >= 4 is 11.6 Å². The summed E-state index contributed by atoms with van der Waals surface area (Å²) >= 11 is 0. The molecule has 0 aromatic heterocycles. The maximum atomic E-state index is 12.4. The highest BCUT2D eigenvalue weighted by atomic mass is 16.1. The number of carbonyl (C=O) groups excluding carboxylic acids is 1. The van der Waals surface area contributed by atoms with Crippen LogP contribution in [0.25, 0.3) is 0 Å². The van der Waals surface area contributed by atoms with Gasteiger partial charge in [0.1, 0.15) is 0 Å². The Hall–Kier alpha value is -1.55. The molecule has 1 N–H and O–H groups in total. The molecule has 2 rings (SSSR count). The lowest BCUT2D eigenvalue weighted by Crippen LogP contribution is -2.46. The summed E-state index contributed by atoms with van der Waals surface area (Å²) in [7, 11) is 2.10. The van der Waals surface area contributed by atoms with Crippen LogP contribution in [-0.2, 0) is 0 Å². The standard InChI is InChI=1S/C20H33N3O/c1-4-6-14-22(3)18-12-10-17(11-13-18)20(24)21-16-19-9-7-8-15-23(19)5-2/h10-13,19H,4-9,14-16H2,1-3H3,(H,21,24). The second-order valence-corrected chi connectivity index (χ2v) is 6.81. The van der Waals surface area contributed by atoms with Crippen LogP contribution in [0.5, 0.6) is 0 Å². The van der Waals surface area contributed by atoms with Crippen LogP contribution in [0.1, 0.15) is 56.3 Å². The fraction of sp³-hybridized carbons (Fsp3) is 0.650. The van der Waals surface area contributed by atoms with E-state index in [4.69, 9.17) is 0 Å². The van der Waals surface area contributed by atoms with Gasteiger partial charge in [-0.05, 0) is 56.6 Å². The minimum absolute atomic E-state index is 0.0411. The number of anilines is 1. The number of nitrogens with zero attached hydrogens (tertiary/aromatic N) is 2. The number of nitrogens with one attached hydrogen (secondary N) is 1. The van der Waals surface area contributed by atoms with E-state index in [1.54, 1.807) is 0 Å². The summed E-state index contributed by atoms with van der Waals surface area (Å²) < 4.78 is 0. The number of hydrogen-bond acceptors (Lipinski definition) is 3. The number of hydrogen-bond donors (Lipinski definition) is 1. The number of likely N-dealkylation sites (N-methyl/N-ethyl adjacent to an activating group) is 1. The van der Waals surface area contributed by atoms with Gasteiger partial charge in [0.05, 0.1) is 0 Å². The highest BCUT2D eigenvalue weighted by Gasteiger charge is 2.21. The molecule has 1 aliphatic heterocycles. The van der Waals surface area contributed by atoms with Crippen molar-refractivity contribution < 1.29 is 4.79 Å². The second kappa shape index (κ2) is 9.67. The van der Waals surface area contributed by atoms with Crippen molar-refractivity contribution in [3.63, 3.8) is 0 Å². The van der Waals surface area contributed by atoms with Crippen LogP contribution in [0.15, 0.2) is 24.3 Å². The van der Waals surface area contributed by atoms with Crippen molar-refractivity contribution in [3.05, 3.63) is 29.8 Å². The molecule has 24 heavy (non-hydrogen) atoms. The number of amides is 1. The lowest BCUT2D eigenvalue weighted by Gasteiger charge is -2.34. The Balaban J connectivity index is 1.85. The summed E-state index contributed by atoms with van der Waals surface area (Å²) in [5.41, 5.74) is 1.92. The van der Waals surface area contributed by atoms with Crippen molar-refractivity contribution in [3.8, 4) is 0 Å². The van der Waals surface area contributed by atoms with E-state index < -0.39 is 0 Å². The summed E-state index contributed by atoms with van der Waals surface area (Å²) in [6.45, 7) is 8.44. The highest BCUT2D eigenvalue weighted by Crippen LogP contribution is 2.17. The minimum Gasteiger partial charge on any atom is -0.375 e. The predicted molar refractivity (Wildman–Crippen MR) is 102 cm³/mol. The average molecular weight is 332 g/mol. The number of carbonyl (C=O) groups is 1. The van der Waals surface area contributed by atoms with Crippen LogP contribution in [0, 0.1) is 0 Å². The zero-order chi connectivity index (χ0) is 17.4. The number of rotatable bonds is 8. The molecule has 4 nitrogen and oxygen atoms in total. The van der Waals surface area contributed by atoms with Crippen molar-refractivity contribution in [2.75, 3.05) is 38.1 Å². The van der Waals surface area contributed by atoms with Gasteiger partial charge in [0, 0.05) is 37.4 Å². The molecule has 1 amide bonds. The van der Waals surface area contributed by atoms with E-state index >= 15 is 0 Å². The van der Waals surface area contributed by atoms with Crippen molar-refractivity contribution in [2.24, 2.45) is 0 Å². The molecule has 1 saturated heterocycles. The topological polar surface area (TPSA) is 35.6 Å². The Kier molecular flexibility index (Phi) is 7.57. The maximum Gasteiger partial charge on any atom is 0.251 e. The Morgan fingerprint density at radius 1 is 1.25 bits per heavy atom. The van der Waals surface area contributed by atoms with Gasteiger partial charge in [-0.3, -0.25) is 9.69 Å². The molecule has 1 heterocycles. The molecule has 134 valence electrons. The summed E-state index contributed by atoms with van der Waals surface area (Å²) in [4.78, 5) is 17.1. The quantitative estimate of drug-likeness (QED) is 0.791. The molecule has 1 aliphatic rings. The van der Waals surface area contributed by atoms with Crippen LogP contribution in [0.2, 0.25) is 0 Å². The third-order valence-corrected chi connectivity index (χ3v) is 5.07. The molecule has 0 saturated carbocycles. The summed E-state index contributed by atoms with van der Waals surface area (Å²) in [6, 6.07) is 8.46. The van der Waals surface area contributed by atoms with Gasteiger partial charge in [-0.25, -0.2) is 0 Å². The normalized spacial score (nSPS) is 18.4. The molecule has 0 spiro atoms. The molecule has 0 bridgehead atoms. The number of likely N-dealkylation sites (tertiary alicyclic amines) is 1. The summed E-state index contributed by atoms with van der Waals surface area (Å²) in [5.74, 6) is 0.0411. The number of benzene rings is 1. The van der Waals surface area contributed by atoms with Crippen LogP contribution < -0.4 is 10.2 Å². The van der Waals surface area contributed by atoms with Crippen molar-refractivity contribution in [1.82, 2.24) is 10.2 Å². The van der Waals surface area contributed by atoms with Crippen LogP contribution in [-0.4, -0.2) is 50.1 Å². The second-order valence-electron chi connectivity index (χ2n) is 6.81. The smallest absolute Gasteiger partial charge is 0.251 e. The minimum atomic E-state index is 0.0411. The van der Waals surface area contributed by atoms with Gasteiger partial charge >= 0.3 is 0 Å². The summed E-state index contributed by atoms with van der Waals surface area (Å²) in [5, 5.41) is 3.12. The summed E-state index contributed by atoms with van der Waals surface area (Å²) in [6.07, 6.45) is 6.13. The monoisotopic (exact) mass is 331 g/mol. The molecule has 0 aliphatic carbocycles. The van der Waals surface area contributed by atoms with Gasteiger partial charge in [0.15, 0.2) is 0 Å². The van der Waals surface area contributed by atoms with Gasteiger partial charge in [0.25, 0.3) is 5.91 Å². The Morgan fingerprint density at radius 3 is 2.67 bits per heavy atom. The van der Waals surface area contributed by atoms with E-state index in [9.17, 15) is 4.79 Å². The first-order valence-electron chi connectivity index (χ1n) is 9.49. The molecular weight excluding hydrogens is 298 g/mol. The van der Waals surface area contributed by atoms with Gasteiger partial charge in [-0.2, -0.15) is 0 Å². The third-order valence-electron chi connectivity index (χ3n) is 5.07. The van der Waals surface area contributed by atoms with E-state index in [0.29, 0.717) is 6.04 Å². The molecule has 4 heteroatoms. The molecular formula is C20H33N3O. The SMILES string of the molecule is CCCCN(C)c1ccc(C(=O)NCC2CCCCN2CC)cc1. The first-order valence-corrected chi connectivity index (χ1v) is 9.49. The zero-order valence-electron chi connectivity index (χ0n) is 15.6. The number of unbranched alkanes of at least 4 members (excludes halogenated alkanes) is 1. The van der Waals surface area contributed by atoms with Gasteiger partial charge in [-0.1, -0.05) is 26.7 Å². The maximum absolute atomic E-state index is 12.4. The fourth-order valence-electron chi connectivity index (χ4n) is 3.41. The van der Waals surface area contributed by atoms with Gasteiger partial charge < -0.3 is 10.2 Å². The lowest BCUT2D eigenvalue weighted by atomic mass is 10.0. The highest BCUT2D eigenvalue weighted by molar-refractivity contribution is 5.94. The lowest BCUT2D eigenvalue weighted by molar-refractivity contribution is 0.0918. The largest absolute Gasteiger partial charge is 0.375 e. The zero-order valence-corrected chi connectivity index (χ0v) is 15.6. The number of piperidine rings is 1. The van der Waals surface area contributed by atoms with Crippen LogP contribution in [0.3, 0.4) is 0 Å². The molecule has 1 unspecified atom stereocenters. The van der Waals surface area contributed by atoms with E-state index in [1.165, 1.54) is 37.8 Å². The van der Waals surface area contributed by atoms with Crippen LogP contribution >= 0.6 is 0 Å². The first kappa shape index (κ1) is 18.8. The van der Waals surface area contributed by atoms with E-state index in [1.807, 2.05) is 24.3 Å². The predicted octanol–water partition coefficient (Wildman–Crippen LogP) is 3.53. The fourth-order valence-corrected chi connectivity index (χ4v) is 3.41. The third kappa shape index (κ3) is 5.23. The van der Waals surface area contributed by atoms with E-state index in [2.05, 4.69) is 36.0 Å².